The minimum Gasteiger partial charge on any atom is -0.372 e. The minimum atomic E-state index is -0.00278. The number of morpholine rings is 1. The summed E-state index contributed by atoms with van der Waals surface area (Å²) in [4.78, 5) is 13.0. The number of carbonyl (C=O) groups excluding carboxylic acids is 1. The molecule has 0 N–H and O–H groups in total. The lowest BCUT2D eigenvalue weighted by Crippen LogP contribution is -2.47. The summed E-state index contributed by atoms with van der Waals surface area (Å²) in [5, 5.41) is 0. The van der Waals surface area contributed by atoms with Gasteiger partial charge in [0.2, 0.25) is 5.91 Å². The van der Waals surface area contributed by atoms with Crippen LogP contribution >= 0.6 is 0 Å². The smallest absolute Gasteiger partial charge is 0.246 e. The van der Waals surface area contributed by atoms with Gasteiger partial charge in [0.25, 0.3) is 0 Å². The lowest BCUT2D eigenvalue weighted by molar-refractivity contribution is -0.138. The van der Waals surface area contributed by atoms with Crippen LogP contribution in [0.25, 0.3) is 0 Å². The van der Waals surface area contributed by atoms with E-state index in [-0.39, 0.29) is 18.1 Å². The third-order valence-electron chi connectivity index (χ3n) is 1.91. The lowest BCUT2D eigenvalue weighted by atomic mass is 10.2. The molecule has 2 atom stereocenters. The number of rotatable bonds is 1. The summed E-state index contributed by atoms with van der Waals surface area (Å²) in [5.41, 5.74) is 0. The van der Waals surface area contributed by atoms with Gasteiger partial charge in [-0.2, -0.15) is 0 Å². The van der Waals surface area contributed by atoms with Crippen molar-refractivity contribution in [2.75, 3.05) is 13.1 Å². The Labute approximate surface area is 73.0 Å². The zero-order valence-electron chi connectivity index (χ0n) is 7.62. The fourth-order valence-electron chi connectivity index (χ4n) is 1.49. The second-order valence-electron chi connectivity index (χ2n) is 3.20. The van der Waals surface area contributed by atoms with E-state index in [9.17, 15) is 4.79 Å². The van der Waals surface area contributed by atoms with Gasteiger partial charge in [0.05, 0.1) is 12.2 Å². The van der Waals surface area contributed by atoms with Gasteiger partial charge >= 0.3 is 0 Å². The summed E-state index contributed by atoms with van der Waals surface area (Å²) in [7, 11) is 0. The third kappa shape index (κ3) is 2.08. The topological polar surface area (TPSA) is 29.5 Å². The maximum Gasteiger partial charge on any atom is 0.246 e. The maximum absolute atomic E-state index is 11.2. The number of carbonyl (C=O) groups is 1. The van der Waals surface area contributed by atoms with Crippen molar-refractivity contribution in [1.29, 1.82) is 0 Å². The summed E-state index contributed by atoms with van der Waals surface area (Å²) in [6.07, 6.45) is 1.63. The number of hydrogen-bond donors (Lipinski definition) is 0. The van der Waals surface area contributed by atoms with E-state index in [1.807, 2.05) is 13.8 Å². The maximum atomic E-state index is 11.2. The molecule has 0 aromatic carbocycles. The first kappa shape index (κ1) is 9.26. The number of hydrogen-bond acceptors (Lipinski definition) is 2. The zero-order chi connectivity index (χ0) is 9.14. The van der Waals surface area contributed by atoms with Crippen molar-refractivity contribution in [3.63, 3.8) is 0 Å². The quantitative estimate of drug-likeness (QED) is 0.544. The molecule has 0 spiro atoms. The Morgan fingerprint density at radius 2 is 2.00 bits per heavy atom. The van der Waals surface area contributed by atoms with Crippen molar-refractivity contribution in [3.8, 4) is 0 Å². The summed E-state index contributed by atoms with van der Waals surface area (Å²) in [5.74, 6) is -0.00278. The second kappa shape index (κ2) is 3.72. The van der Waals surface area contributed by atoms with Crippen LogP contribution in [-0.4, -0.2) is 36.1 Å². The van der Waals surface area contributed by atoms with Gasteiger partial charge in [-0.3, -0.25) is 4.79 Å². The monoisotopic (exact) mass is 169 g/mol. The lowest BCUT2D eigenvalue weighted by Gasteiger charge is -2.34. The molecule has 0 unspecified atom stereocenters. The van der Waals surface area contributed by atoms with Gasteiger partial charge < -0.3 is 9.64 Å². The van der Waals surface area contributed by atoms with Gasteiger partial charge in [0.15, 0.2) is 0 Å². The van der Waals surface area contributed by atoms with Crippen LogP contribution in [0.15, 0.2) is 12.7 Å². The molecular weight excluding hydrogens is 154 g/mol. The van der Waals surface area contributed by atoms with Crippen LogP contribution in [-0.2, 0) is 9.53 Å². The predicted octanol–water partition coefficient (Wildman–Crippen LogP) is 0.808. The van der Waals surface area contributed by atoms with Crippen LogP contribution < -0.4 is 0 Å². The summed E-state index contributed by atoms with van der Waals surface area (Å²) in [6, 6.07) is 0. The van der Waals surface area contributed by atoms with E-state index in [1.54, 1.807) is 4.90 Å². The van der Waals surface area contributed by atoms with Crippen molar-refractivity contribution in [2.24, 2.45) is 0 Å². The van der Waals surface area contributed by atoms with Crippen LogP contribution in [0.1, 0.15) is 13.8 Å². The molecule has 1 aliphatic heterocycles. The van der Waals surface area contributed by atoms with E-state index in [0.29, 0.717) is 13.1 Å². The summed E-state index contributed by atoms with van der Waals surface area (Å²) < 4.78 is 5.48. The van der Waals surface area contributed by atoms with Gasteiger partial charge in [-0.25, -0.2) is 0 Å². The molecule has 0 aliphatic carbocycles. The van der Waals surface area contributed by atoms with Crippen LogP contribution in [0.3, 0.4) is 0 Å². The van der Waals surface area contributed by atoms with Crippen LogP contribution in [0.2, 0.25) is 0 Å². The molecule has 1 heterocycles. The highest BCUT2D eigenvalue weighted by molar-refractivity contribution is 5.87. The highest BCUT2D eigenvalue weighted by Crippen LogP contribution is 2.10. The SMILES string of the molecule is C=CC(=O)N1C[C@@H](C)O[C@@H](C)C1. The average Bonchev–Trinajstić information content (AvgIpc) is 2.01. The van der Waals surface area contributed by atoms with Crippen LogP contribution in [0.4, 0.5) is 0 Å². The standard InChI is InChI=1S/C9H15NO2/c1-4-9(11)10-5-7(2)12-8(3)6-10/h4,7-8H,1,5-6H2,2-3H3/t7-,8+. The highest BCUT2D eigenvalue weighted by Gasteiger charge is 2.23. The first-order valence-electron chi connectivity index (χ1n) is 4.20. The Kier molecular flexibility index (Phi) is 2.87. The molecule has 12 heavy (non-hydrogen) atoms. The molecule has 1 rings (SSSR count). The molecule has 68 valence electrons. The Hall–Kier alpha value is -0.830. The van der Waals surface area contributed by atoms with Gasteiger partial charge in [-0.05, 0) is 19.9 Å². The second-order valence-corrected chi connectivity index (χ2v) is 3.20. The van der Waals surface area contributed by atoms with Gasteiger partial charge in [0, 0.05) is 13.1 Å². The van der Waals surface area contributed by atoms with Crippen LogP contribution in [0, 0.1) is 0 Å². The predicted molar refractivity (Wildman–Crippen MR) is 46.8 cm³/mol. The molecule has 1 saturated heterocycles. The molecule has 0 aromatic rings. The van der Waals surface area contributed by atoms with Crippen molar-refractivity contribution in [1.82, 2.24) is 4.90 Å². The number of nitrogens with zero attached hydrogens (tertiary/aromatic N) is 1. The molecule has 3 nitrogen and oxygen atoms in total. The molecular formula is C9H15NO2. The fourth-order valence-corrected chi connectivity index (χ4v) is 1.49. The fraction of sp³-hybridized carbons (Fsp3) is 0.667. The van der Waals surface area contributed by atoms with Gasteiger partial charge in [-0.15, -0.1) is 0 Å². The molecule has 1 aliphatic rings. The van der Waals surface area contributed by atoms with E-state index in [4.69, 9.17) is 4.74 Å². The van der Waals surface area contributed by atoms with Crippen molar-refractivity contribution in [2.45, 2.75) is 26.1 Å². The molecule has 3 heteroatoms. The Balaban J connectivity index is 2.54. The molecule has 0 saturated carbocycles. The molecule has 1 amide bonds. The summed E-state index contributed by atoms with van der Waals surface area (Å²) >= 11 is 0. The first-order chi connectivity index (χ1) is 5.63. The van der Waals surface area contributed by atoms with E-state index in [0.717, 1.165) is 0 Å². The number of amides is 1. The first-order valence-corrected chi connectivity index (χ1v) is 4.20. The van der Waals surface area contributed by atoms with Crippen molar-refractivity contribution in [3.05, 3.63) is 12.7 Å². The molecule has 1 fully saturated rings. The van der Waals surface area contributed by atoms with E-state index < -0.39 is 0 Å². The van der Waals surface area contributed by atoms with Crippen molar-refractivity contribution < 1.29 is 9.53 Å². The van der Waals surface area contributed by atoms with E-state index in [2.05, 4.69) is 6.58 Å². The largest absolute Gasteiger partial charge is 0.372 e. The average molecular weight is 169 g/mol. The zero-order valence-corrected chi connectivity index (χ0v) is 7.62. The van der Waals surface area contributed by atoms with E-state index >= 15 is 0 Å². The Morgan fingerprint density at radius 3 is 2.42 bits per heavy atom. The van der Waals surface area contributed by atoms with Crippen molar-refractivity contribution >= 4 is 5.91 Å². The summed E-state index contributed by atoms with van der Waals surface area (Å²) in [6.45, 7) is 8.75. The normalized spacial score (nSPS) is 30.0. The number of ether oxygens (including phenoxy) is 1. The van der Waals surface area contributed by atoms with Gasteiger partial charge in [-0.1, -0.05) is 6.58 Å². The van der Waals surface area contributed by atoms with Crippen LogP contribution in [0.5, 0.6) is 0 Å². The highest BCUT2D eigenvalue weighted by atomic mass is 16.5. The Morgan fingerprint density at radius 1 is 1.50 bits per heavy atom. The minimum absolute atomic E-state index is 0.00278. The third-order valence-corrected chi connectivity index (χ3v) is 1.91. The van der Waals surface area contributed by atoms with Gasteiger partial charge in [0.1, 0.15) is 0 Å². The molecule has 0 aromatic heterocycles. The van der Waals surface area contributed by atoms with E-state index in [1.165, 1.54) is 6.08 Å². The Bertz CT molecular complexity index is 181. The molecule has 0 radical (unpaired) electrons. The molecule has 0 bridgehead atoms.